The lowest BCUT2D eigenvalue weighted by atomic mass is 10.1. The number of aromatic nitrogens is 1. The largest absolute Gasteiger partial charge is 0.494 e. The van der Waals surface area contributed by atoms with Gasteiger partial charge in [-0.15, -0.1) is 0 Å². The number of rotatable bonds is 2. The smallest absolute Gasteiger partial charge is 0.250 e. The summed E-state index contributed by atoms with van der Waals surface area (Å²) in [5.74, 6) is -0.0846. The van der Waals surface area contributed by atoms with E-state index in [-0.39, 0.29) is 30.1 Å². The van der Waals surface area contributed by atoms with Crippen LogP contribution in [0, 0.1) is 0 Å². The summed E-state index contributed by atoms with van der Waals surface area (Å²) < 4.78 is 0. The standard InChI is InChI=1S/C10H14N2O3/c13-5-6-1-3-8(11-6)7-2-4-9(14)12-10(7)15/h2,4,6,8,11,13H,1,3,5H2,(H2,12,14,15)/t6-,8?/m0/s1. The molecule has 0 radical (unpaired) electrons. The fraction of sp³-hybridized carbons (Fsp3) is 0.500. The zero-order valence-electron chi connectivity index (χ0n) is 8.23. The fourth-order valence-electron chi connectivity index (χ4n) is 1.96. The third kappa shape index (κ3) is 2.03. The molecular weight excluding hydrogens is 196 g/mol. The topological polar surface area (TPSA) is 85.3 Å². The van der Waals surface area contributed by atoms with Crippen LogP contribution < -0.4 is 10.9 Å². The van der Waals surface area contributed by atoms with Gasteiger partial charge in [-0.05, 0) is 18.9 Å². The molecule has 1 aliphatic rings. The molecule has 82 valence electrons. The molecule has 2 atom stereocenters. The number of H-pyrrole nitrogens is 1. The Morgan fingerprint density at radius 3 is 2.80 bits per heavy atom. The molecule has 0 bridgehead atoms. The molecule has 0 saturated carbocycles. The van der Waals surface area contributed by atoms with Crippen LogP contribution in [0.15, 0.2) is 16.9 Å². The second-order valence-electron chi connectivity index (χ2n) is 3.80. The van der Waals surface area contributed by atoms with Crippen molar-refractivity contribution < 1.29 is 10.2 Å². The molecule has 0 spiro atoms. The normalized spacial score (nSPS) is 25.7. The number of nitrogens with one attached hydrogen (secondary N) is 2. The molecule has 4 N–H and O–H groups in total. The molecule has 1 aromatic heterocycles. The lowest BCUT2D eigenvalue weighted by molar-refractivity contribution is 0.251. The molecule has 1 aromatic rings. The maximum Gasteiger partial charge on any atom is 0.250 e. The van der Waals surface area contributed by atoms with Gasteiger partial charge in [0.25, 0.3) is 5.56 Å². The van der Waals surface area contributed by atoms with Crippen molar-refractivity contribution in [1.82, 2.24) is 10.3 Å². The van der Waals surface area contributed by atoms with Crippen LogP contribution in [-0.2, 0) is 0 Å². The van der Waals surface area contributed by atoms with E-state index in [1.807, 2.05) is 0 Å². The Balaban J connectivity index is 2.20. The molecule has 1 aliphatic heterocycles. The molecular formula is C10H14N2O3. The average Bonchev–Trinajstić information content (AvgIpc) is 2.66. The van der Waals surface area contributed by atoms with Gasteiger partial charge in [0.15, 0.2) is 5.88 Å². The van der Waals surface area contributed by atoms with Crippen LogP contribution in [0.25, 0.3) is 0 Å². The highest BCUT2D eigenvalue weighted by molar-refractivity contribution is 5.28. The highest BCUT2D eigenvalue weighted by atomic mass is 16.3. The van der Waals surface area contributed by atoms with Gasteiger partial charge in [0.05, 0.1) is 6.61 Å². The molecule has 1 unspecified atom stereocenters. The number of hydrogen-bond donors (Lipinski definition) is 4. The molecule has 5 nitrogen and oxygen atoms in total. The van der Waals surface area contributed by atoms with E-state index in [9.17, 15) is 9.90 Å². The van der Waals surface area contributed by atoms with E-state index >= 15 is 0 Å². The molecule has 0 aromatic carbocycles. The quantitative estimate of drug-likeness (QED) is 0.547. The van der Waals surface area contributed by atoms with Crippen LogP contribution in [0.4, 0.5) is 0 Å². The van der Waals surface area contributed by atoms with E-state index < -0.39 is 0 Å². The first-order valence-electron chi connectivity index (χ1n) is 5.00. The predicted octanol–water partition coefficient (Wildman–Crippen LogP) is -0.134. The fourth-order valence-corrected chi connectivity index (χ4v) is 1.96. The molecule has 0 aliphatic carbocycles. The van der Waals surface area contributed by atoms with Gasteiger partial charge in [-0.3, -0.25) is 9.78 Å². The van der Waals surface area contributed by atoms with Gasteiger partial charge in [-0.1, -0.05) is 0 Å². The summed E-state index contributed by atoms with van der Waals surface area (Å²) in [6.45, 7) is 0.0978. The lowest BCUT2D eigenvalue weighted by Crippen LogP contribution is -2.27. The minimum atomic E-state index is -0.312. The van der Waals surface area contributed by atoms with Crippen molar-refractivity contribution in [1.29, 1.82) is 0 Å². The maximum absolute atomic E-state index is 10.9. The third-order valence-corrected chi connectivity index (χ3v) is 2.77. The average molecular weight is 210 g/mol. The van der Waals surface area contributed by atoms with Gasteiger partial charge in [0.2, 0.25) is 0 Å². The molecule has 1 fully saturated rings. The number of aliphatic hydroxyl groups is 1. The Hall–Kier alpha value is -1.33. The number of aliphatic hydroxyl groups excluding tert-OH is 1. The number of aromatic hydroxyl groups is 1. The number of hydrogen-bond acceptors (Lipinski definition) is 4. The van der Waals surface area contributed by atoms with Gasteiger partial charge in [0, 0.05) is 23.7 Å². The van der Waals surface area contributed by atoms with Crippen LogP contribution in [-0.4, -0.2) is 27.8 Å². The van der Waals surface area contributed by atoms with Crippen molar-refractivity contribution in [3.05, 3.63) is 28.0 Å². The van der Waals surface area contributed by atoms with Gasteiger partial charge in [-0.25, -0.2) is 0 Å². The molecule has 5 heteroatoms. The van der Waals surface area contributed by atoms with Crippen molar-refractivity contribution in [2.24, 2.45) is 0 Å². The van der Waals surface area contributed by atoms with Crippen molar-refractivity contribution >= 4 is 0 Å². The number of pyridine rings is 1. The summed E-state index contributed by atoms with van der Waals surface area (Å²) in [4.78, 5) is 13.2. The van der Waals surface area contributed by atoms with Crippen LogP contribution >= 0.6 is 0 Å². The first kappa shape index (κ1) is 10.2. The Bertz CT molecular complexity index is 402. The Kier molecular flexibility index (Phi) is 2.75. The van der Waals surface area contributed by atoms with Crippen molar-refractivity contribution in [3.63, 3.8) is 0 Å². The maximum atomic E-state index is 10.9. The van der Waals surface area contributed by atoms with Gasteiger partial charge in [0.1, 0.15) is 0 Å². The van der Waals surface area contributed by atoms with Crippen LogP contribution in [0.3, 0.4) is 0 Å². The summed E-state index contributed by atoms with van der Waals surface area (Å²) in [5.41, 5.74) is 0.374. The summed E-state index contributed by atoms with van der Waals surface area (Å²) in [6.07, 6.45) is 1.73. The second kappa shape index (κ2) is 4.04. The van der Waals surface area contributed by atoms with Crippen LogP contribution in [0.5, 0.6) is 5.88 Å². The summed E-state index contributed by atoms with van der Waals surface area (Å²) >= 11 is 0. The van der Waals surface area contributed by atoms with Crippen molar-refractivity contribution in [3.8, 4) is 5.88 Å². The van der Waals surface area contributed by atoms with E-state index in [4.69, 9.17) is 5.11 Å². The van der Waals surface area contributed by atoms with Crippen LogP contribution in [0.2, 0.25) is 0 Å². The summed E-state index contributed by atoms with van der Waals surface area (Å²) in [5, 5.41) is 21.7. The molecule has 2 rings (SSSR count). The monoisotopic (exact) mass is 210 g/mol. The Morgan fingerprint density at radius 1 is 1.40 bits per heavy atom. The first-order valence-corrected chi connectivity index (χ1v) is 5.00. The van der Waals surface area contributed by atoms with Gasteiger partial charge in [-0.2, -0.15) is 0 Å². The van der Waals surface area contributed by atoms with Crippen LogP contribution in [0.1, 0.15) is 24.4 Å². The molecule has 15 heavy (non-hydrogen) atoms. The van der Waals surface area contributed by atoms with E-state index in [0.29, 0.717) is 5.56 Å². The highest BCUT2D eigenvalue weighted by Gasteiger charge is 2.26. The van der Waals surface area contributed by atoms with Gasteiger partial charge < -0.3 is 15.5 Å². The minimum absolute atomic E-state index is 0.0130. The zero-order valence-corrected chi connectivity index (χ0v) is 8.23. The Morgan fingerprint density at radius 2 is 2.20 bits per heavy atom. The summed E-state index contributed by atoms with van der Waals surface area (Å²) in [7, 11) is 0. The van der Waals surface area contributed by atoms with Gasteiger partial charge >= 0.3 is 0 Å². The van der Waals surface area contributed by atoms with E-state index in [1.165, 1.54) is 6.07 Å². The molecule has 1 saturated heterocycles. The lowest BCUT2D eigenvalue weighted by Gasteiger charge is -2.13. The minimum Gasteiger partial charge on any atom is -0.494 e. The first-order chi connectivity index (χ1) is 7.20. The highest BCUT2D eigenvalue weighted by Crippen LogP contribution is 2.29. The van der Waals surface area contributed by atoms with E-state index in [0.717, 1.165) is 12.8 Å². The second-order valence-corrected chi connectivity index (χ2v) is 3.80. The van der Waals surface area contributed by atoms with Crippen molar-refractivity contribution in [2.45, 2.75) is 24.9 Å². The third-order valence-electron chi connectivity index (χ3n) is 2.77. The van der Waals surface area contributed by atoms with Crippen molar-refractivity contribution in [2.75, 3.05) is 6.61 Å². The molecule has 2 heterocycles. The Labute approximate surface area is 86.8 Å². The van der Waals surface area contributed by atoms with E-state index in [2.05, 4.69) is 10.3 Å². The summed E-state index contributed by atoms with van der Waals surface area (Å²) in [6, 6.07) is 3.11. The molecule has 0 amide bonds. The number of aromatic amines is 1. The SMILES string of the molecule is O=c1ccc(C2CC[C@@H](CO)N2)c(O)[nH]1. The zero-order chi connectivity index (χ0) is 10.8. The predicted molar refractivity (Wildman–Crippen MR) is 54.7 cm³/mol. The van der Waals surface area contributed by atoms with E-state index in [1.54, 1.807) is 6.07 Å².